The van der Waals surface area contributed by atoms with Gasteiger partial charge in [0.25, 0.3) is 0 Å². The maximum atomic E-state index is 11.9. The molecule has 0 fully saturated rings. The highest BCUT2D eigenvalue weighted by molar-refractivity contribution is 5.78. The molecule has 0 bridgehead atoms. The van der Waals surface area contributed by atoms with Crippen LogP contribution in [0.25, 0.3) is 0 Å². The van der Waals surface area contributed by atoms with E-state index in [2.05, 4.69) is 50.0 Å². The maximum Gasteiger partial charge on any atom is 0.331 e. The molecule has 0 N–H and O–H groups in total. The van der Waals surface area contributed by atoms with E-state index >= 15 is 0 Å². The van der Waals surface area contributed by atoms with Gasteiger partial charge in [0.1, 0.15) is 6.04 Å². The molecule has 0 aliphatic rings. The van der Waals surface area contributed by atoms with E-state index in [1.54, 1.807) is 0 Å². The fourth-order valence-corrected chi connectivity index (χ4v) is 2.61. The van der Waals surface area contributed by atoms with E-state index in [1.807, 2.05) is 27.0 Å². The van der Waals surface area contributed by atoms with Crippen molar-refractivity contribution in [1.82, 2.24) is 0 Å². The Balaban J connectivity index is 2.54. The van der Waals surface area contributed by atoms with Crippen molar-refractivity contribution in [1.29, 1.82) is 0 Å². The number of rotatable bonds is 9. The molecule has 0 heterocycles. The number of carbonyl (C=O) groups excluding carboxylic acids is 1. The molecular weight excluding hydrogens is 298 g/mol. The summed E-state index contributed by atoms with van der Waals surface area (Å²) in [6.45, 7) is 12.9. The Kier molecular flexibility index (Phi) is 8.73. The van der Waals surface area contributed by atoms with E-state index < -0.39 is 0 Å². The molecule has 0 aliphatic carbocycles. The Bertz CT molecular complexity index is 517. The van der Waals surface area contributed by atoms with E-state index in [1.165, 1.54) is 11.1 Å². The van der Waals surface area contributed by atoms with Crippen molar-refractivity contribution in [3.8, 4) is 0 Å². The van der Waals surface area contributed by atoms with Crippen LogP contribution in [0.3, 0.4) is 0 Å². The molecule has 0 radical (unpaired) electrons. The monoisotopic (exact) mass is 331 g/mol. The second kappa shape index (κ2) is 10.3. The van der Waals surface area contributed by atoms with Crippen LogP contribution in [-0.4, -0.2) is 24.8 Å². The normalized spacial score (nSPS) is 14.3. The predicted molar refractivity (Wildman–Crippen MR) is 102 cm³/mol. The number of benzene rings is 1. The Morgan fingerprint density at radius 1 is 1.12 bits per heavy atom. The number of nitrogens with zero attached hydrogens (tertiary/aromatic N) is 1. The topological polar surface area (TPSA) is 38.7 Å². The summed E-state index contributed by atoms with van der Waals surface area (Å²) >= 11 is 0. The molecule has 1 aromatic rings. The van der Waals surface area contributed by atoms with Crippen molar-refractivity contribution in [3.05, 3.63) is 35.4 Å². The highest BCUT2D eigenvalue weighted by Crippen LogP contribution is 2.17. The van der Waals surface area contributed by atoms with Crippen LogP contribution in [0.15, 0.2) is 29.3 Å². The molecule has 3 nitrogen and oxygen atoms in total. The average molecular weight is 332 g/mol. The van der Waals surface area contributed by atoms with Crippen molar-refractivity contribution in [2.45, 2.75) is 66.3 Å². The minimum Gasteiger partial charge on any atom is -0.464 e. The van der Waals surface area contributed by atoms with Crippen molar-refractivity contribution in [2.75, 3.05) is 6.61 Å². The average Bonchev–Trinajstić information content (AvgIpc) is 2.51. The van der Waals surface area contributed by atoms with Gasteiger partial charge >= 0.3 is 5.97 Å². The van der Waals surface area contributed by atoms with Gasteiger partial charge < -0.3 is 4.74 Å². The lowest BCUT2D eigenvalue weighted by molar-refractivity contribution is -0.145. The van der Waals surface area contributed by atoms with Crippen LogP contribution in [0, 0.1) is 11.8 Å². The molecule has 24 heavy (non-hydrogen) atoms. The smallest absolute Gasteiger partial charge is 0.331 e. The first-order valence-corrected chi connectivity index (χ1v) is 9.12. The van der Waals surface area contributed by atoms with Gasteiger partial charge in [-0.15, -0.1) is 0 Å². The zero-order chi connectivity index (χ0) is 18.1. The first kappa shape index (κ1) is 20.4. The van der Waals surface area contributed by atoms with Crippen LogP contribution in [0.5, 0.6) is 0 Å². The number of hydrogen-bond acceptors (Lipinski definition) is 3. The lowest BCUT2D eigenvalue weighted by Crippen LogP contribution is -2.27. The lowest BCUT2D eigenvalue weighted by Gasteiger charge is -2.15. The van der Waals surface area contributed by atoms with E-state index in [0.717, 1.165) is 12.8 Å². The molecule has 1 rings (SSSR count). The third-order valence-electron chi connectivity index (χ3n) is 4.16. The first-order valence-electron chi connectivity index (χ1n) is 9.12. The second-order valence-corrected chi connectivity index (χ2v) is 7.21. The van der Waals surface area contributed by atoms with Crippen LogP contribution < -0.4 is 0 Å². The number of carbonyl (C=O) groups is 1. The molecule has 0 aliphatic heterocycles. The minimum atomic E-state index is -0.387. The molecule has 0 saturated heterocycles. The Morgan fingerprint density at radius 3 is 2.25 bits per heavy atom. The number of esters is 1. The molecule has 0 spiro atoms. The highest BCUT2D eigenvalue weighted by Gasteiger charge is 2.21. The molecule has 1 aromatic carbocycles. The molecule has 0 saturated carbocycles. The summed E-state index contributed by atoms with van der Waals surface area (Å²) in [5.74, 6) is 0.993. The fraction of sp³-hybridized carbons (Fsp3) is 0.619. The van der Waals surface area contributed by atoms with Gasteiger partial charge in [0.2, 0.25) is 0 Å². The number of aliphatic imine (C=N–C) groups is 1. The van der Waals surface area contributed by atoms with Crippen LogP contribution in [0.2, 0.25) is 0 Å². The van der Waals surface area contributed by atoms with Crippen molar-refractivity contribution in [3.63, 3.8) is 0 Å². The minimum absolute atomic E-state index is 0.152. The third kappa shape index (κ3) is 6.86. The van der Waals surface area contributed by atoms with E-state index in [4.69, 9.17) is 4.74 Å². The van der Waals surface area contributed by atoms with Gasteiger partial charge in [-0.3, -0.25) is 4.99 Å². The first-order chi connectivity index (χ1) is 11.3. The summed E-state index contributed by atoms with van der Waals surface area (Å²) < 4.78 is 5.10. The summed E-state index contributed by atoms with van der Waals surface area (Å²) in [5, 5.41) is 0. The fourth-order valence-electron chi connectivity index (χ4n) is 2.61. The summed E-state index contributed by atoms with van der Waals surface area (Å²) in [6.07, 6.45) is 3.79. The highest BCUT2D eigenvalue weighted by atomic mass is 16.5. The van der Waals surface area contributed by atoms with Gasteiger partial charge in [0.15, 0.2) is 0 Å². The van der Waals surface area contributed by atoms with Gasteiger partial charge in [0.05, 0.1) is 6.61 Å². The van der Waals surface area contributed by atoms with Crippen LogP contribution in [-0.2, 0) is 16.0 Å². The standard InChI is InChI=1S/C21H33NO2/c1-7-24-21(23)20(16(4)5)22-13-12-17(6)14-18-8-10-19(11-9-18)15(2)3/h8-11,13,15-17,20H,7,12,14H2,1-6H3. The molecule has 2 atom stereocenters. The summed E-state index contributed by atoms with van der Waals surface area (Å²) in [5.41, 5.74) is 2.73. The zero-order valence-electron chi connectivity index (χ0n) is 16.1. The lowest BCUT2D eigenvalue weighted by atomic mass is 9.95. The largest absolute Gasteiger partial charge is 0.464 e. The number of ether oxygens (including phenoxy) is 1. The van der Waals surface area contributed by atoms with Crippen molar-refractivity contribution < 1.29 is 9.53 Å². The van der Waals surface area contributed by atoms with E-state index in [0.29, 0.717) is 18.4 Å². The van der Waals surface area contributed by atoms with Gasteiger partial charge in [-0.05, 0) is 48.6 Å². The Labute approximate surface area is 147 Å². The van der Waals surface area contributed by atoms with E-state index in [9.17, 15) is 4.79 Å². The van der Waals surface area contributed by atoms with Crippen LogP contribution >= 0.6 is 0 Å². The Hall–Kier alpha value is -1.64. The predicted octanol–water partition coefficient (Wildman–Crippen LogP) is 5.04. The van der Waals surface area contributed by atoms with Gasteiger partial charge in [-0.25, -0.2) is 4.79 Å². The Morgan fingerprint density at radius 2 is 1.75 bits per heavy atom. The summed E-state index contributed by atoms with van der Waals surface area (Å²) in [4.78, 5) is 16.4. The van der Waals surface area contributed by atoms with Crippen molar-refractivity contribution in [2.24, 2.45) is 16.8 Å². The van der Waals surface area contributed by atoms with Gasteiger partial charge in [-0.2, -0.15) is 0 Å². The SMILES string of the molecule is CCOC(=O)C(N=CCC(C)Cc1ccc(C(C)C)cc1)C(C)C. The van der Waals surface area contributed by atoms with E-state index in [-0.39, 0.29) is 17.9 Å². The molecule has 3 heteroatoms. The molecule has 0 aromatic heterocycles. The second-order valence-electron chi connectivity index (χ2n) is 7.21. The number of hydrogen-bond donors (Lipinski definition) is 0. The third-order valence-corrected chi connectivity index (χ3v) is 4.16. The molecule has 0 amide bonds. The maximum absolute atomic E-state index is 11.9. The van der Waals surface area contributed by atoms with Crippen LogP contribution in [0.4, 0.5) is 0 Å². The van der Waals surface area contributed by atoms with Gasteiger partial charge in [0, 0.05) is 6.21 Å². The summed E-state index contributed by atoms with van der Waals surface area (Å²) in [6, 6.07) is 8.49. The van der Waals surface area contributed by atoms with Crippen molar-refractivity contribution >= 4 is 12.2 Å². The quantitative estimate of drug-likeness (QED) is 0.470. The zero-order valence-corrected chi connectivity index (χ0v) is 16.1. The molecule has 2 unspecified atom stereocenters. The summed E-state index contributed by atoms with van der Waals surface area (Å²) in [7, 11) is 0. The van der Waals surface area contributed by atoms with Gasteiger partial charge in [-0.1, -0.05) is 58.9 Å². The molecule has 134 valence electrons. The molecular formula is C21H33NO2. The van der Waals surface area contributed by atoms with Crippen LogP contribution in [0.1, 0.15) is 65.0 Å².